The summed E-state index contributed by atoms with van der Waals surface area (Å²) in [6, 6.07) is 0. The summed E-state index contributed by atoms with van der Waals surface area (Å²) in [5, 5.41) is 0. The number of rotatable bonds is 5. The zero-order chi connectivity index (χ0) is 11.3. The minimum absolute atomic E-state index is 0.106. The Morgan fingerprint density at radius 1 is 1.13 bits per heavy atom. The molecule has 0 atom stereocenters. The SMILES string of the molecule is CC(C)CCOC(C)(C)C1CCCCC1. The first-order valence-electron chi connectivity index (χ1n) is 6.66. The standard InChI is InChI=1S/C14H28O/c1-12(2)10-11-15-14(3,4)13-8-6-5-7-9-13/h12-13H,5-11H2,1-4H3. The molecule has 0 amide bonds. The normalized spacial score (nSPS) is 19.8. The van der Waals surface area contributed by atoms with Crippen molar-refractivity contribution in [2.24, 2.45) is 11.8 Å². The Kier molecular flexibility index (Phi) is 5.11. The molecule has 0 aromatic heterocycles. The molecule has 15 heavy (non-hydrogen) atoms. The number of ether oxygens (including phenoxy) is 1. The van der Waals surface area contributed by atoms with Crippen LogP contribution in [0.2, 0.25) is 0 Å². The van der Waals surface area contributed by atoms with Gasteiger partial charge in [0.15, 0.2) is 0 Å². The first-order valence-corrected chi connectivity index (χ1v) is 6.66. The van der Waals surface area contributed by atoms with Crippen LogP contribution in [0.25, 0.3) is 0 Å². The van der Waals surface area contributed by atoms with Crippen LogP contribution >= 0.6 is 0 Å². The van der Waals surface area contributed by atoms with Crippen LogP contribution < -0.4 is 0 Å². The summed E-state index contributed by atoms with van der Waals surface area (Å²) >= 11 is 0. The van der Waals surface area contributed by atoms with Crippen molar-refractivity contribution in [3.63, 3.8) is 0 Å². The van der Waals surface area contributed by atoms with Crippen molar-refractivity contribution in [1.82, 2.24) is 0 Å². The van der Waals surface area contributed by atoms with E-state index in [0.29, 0.717) is 0 Å². The van der Waals surface area contributed by atoms with Crippen molar-refractivity contribution >= 4 is 0 Å². The molecule has 0 aromatic carbocycles. The first-order chi connectivity index (χ1) is 7.02. The Labute approximate surface area is 95.6 Å². The monoisotopic (exact) mass is 212 g/mol. The van der Waals surface area contributed by atoms with Gasteiger partial charge in [-0.05, 0) is 44.9 Å². The average Bonchev–Trinajstić information content (AvgIpc) is 2.18. The Bertz CT molecular complexity index is 166. The molecular formula is C14H28O. The van der Waals surface area contributed by atoms with Gasteiger partial charge >= 0.3 is 0 Å². The maximum absolute atomic E-state index is 6.08. The molecule has 1 heteroatoms. The lowest BCUT2D eigenvalue weighted by molar-refractivity contribution is -0.0730. The van der Waals surface area contributed by atoms with Gasteiger partial charge in [-0.25, -0.2) is 0 Å². The molecule has 0 heterocycles. The molecule has 0 saturated heterocycles. The molecule has 1 nitrogen and oxygen atoms in total. The van der Waals surface area contributed by atoms with Gasteiger partial charge in [0.2, 0.25) is 0 Å². The maximum atomic E-state index is 6.08. The van der Waals surface area contributed by atoms with Crippen LogP contribution in [0, 0.1) is 11.8 Å². The van der Waals surface area contributed by atoms with Gasteiger partial charge in [0, 0.05) is 6.61 Å². The molecule has 1 fully saturated rings. The second-order valence-electron chi connectivity index (χ2n) is 5.97. The van der Waals surface area contributed by atoms with Gasteiger partial charge in [-0.2, -0.15) is 0 Å². The van der Waals surface area contributed by atoms with Crippen LogP contribution in [0.3, 0.4) is 0 Å². The molecule has 0 spiro atoms. The van der Waals surface area contributed by atoms with E-state index >= 15 is 0 Å². The molecule has 0 radical (unpaired) electrons. The van der Waals surface area contributed by atoms with Gasteiger partial charge in [0.1, 0.15) is 0 Å². The summed E-state index contributed by atoms with van der Waals surface area (Å²) in [6.45, 7) is 10.0. The molecule has 0 aliphatic heterocycles. The van der Waals surface area contributed by atoms with E-state index in [-0.39, 0.29) is 5.60 Å². The second-order valence-corrected chi connectivity index (χ2v) is 5.97. The van der Waals surface area contributed by atoms with E-state index in [2.05, 4.69) is 27.7 Å². The van der Waals surface area contributed by atoms with Crippen molar-refractivity contribution < 1.29 is 4.74 Å². The fraction of sp³-hybridized carbons (Fsp3) is 1.00. The van der Waals surface area contributed by atoms with Crippen LogP contribution in [0.5, 0.6) is 0 Å². The Morgan fingerprint density at radius 2 is 1.73 bits per heavy atom. The van der Waals surface area contributed by atoms with Crippen LogP contribution in [-0.4, -0.2) is 12.2 Å². The highest BCUT2D eigenvalue weighted by Gasteiger charge is 2.31. The van der Waals surface area contributed by atoms with E-state index in [0.717, 1.165) is 18.4 Å². The molecule has 1 saturated carbocycles. The summed E-state index contributed by atoms with van der Waals surface area (Å²) < 4.78 is 6.08. The van der Waals surface area contributed by atoms with E-state index < -0.39 is 0 Å². The lowest BCUT2D eigenvalue weighted by Gasteiger charge is -2.37. The molecule has 1 rings (SSSR count). The van der Waals surface area contributed by atoms with Gasteiger partial charge in [-0.15, -0.1) is 0 Å². The highest BCUT2D eigenvalue weighted by Crippen LogP contribution is 2.34. The third kappa shape index (κ3) is 4.55. The topological polar surface area (TPSA) is 9.23 Å². The highest BCUT2D eigenvalue weighted by molar-refractivity contribution is 4.82. The third-order valence-electron chi connectivity index (χ3n) is 3.76. The van der Waals surface area contributed by atoms with Gasteiger partial charge in [0.25, 0.3) is 0 Å². The predicted molar refractivity (Wildman–Crippen MR) is 66.1 cm³/mol. The van der Waals surface area contributed by atoms with Crippen molar-refractivity contribution in [1.29, 1.82) is 0 Å². The van der Waals surface area contributed by atoms with E-state index in [1.807, 2.05) is 0 Å². The van der Waals surface area contributed by atoms with Gasteiger partial charge < -0.3 is 4.74 Å². The summed E-state index contributed by atoms with van der Waals surface area (Å²) in [7, 11) is 0. The maximum Gasteiger partial charge on any atom is 0.0654 e. The fourth-order valence-electron chi connectivity index (χ4n) is 2.47. The number of hydrogen-bond donors (Lipinski definition) is 0. The molecule has 0 unspecified atom stereocenters. The quantitative estimate of drug-likeness (QED) is 0.656. The zero-order valence-corrected chi connectivity index (χ0v) is 11.0. The molecule has 0 N–H and O–H groups in total. The molecule has 1 aliphatic carbocycles. The summed E-state index contributed by atoms with van der Waals surface area (Å²) in [6.07, 6.45) is 8.17. The van der Waals surface area contributed by atoms with E-state index in [9.17, 15) is 0 Å². The van der Waals surface area contributed by atoms with Crippen LogP contribution in [-0.2, 0) is 4.74 Å². The van der Waals surface area contributed by atoms with Crippen LogP contribution in [0.1, 0.15) is 66.2 Å². The van der Waals surface area contributed by atoms with Crippen molar-refractivity contribution in [2.45, 2.75) is 71.8 Å². The minimum Gasteiger partial charge on any atom is -0.375 e. The summed E-state index contributed by atoms with van der Waals surface area (Å²) in [5.41, 5.74) is 0.106. The van der Waals surface area contributed by atoms with Crippen LogP contribution in [0.4, 0.5) is 0 Å². The predicted octanol–water partition coefficient (Wildman–Crippen LogP) is 4.41. The smallest absolute Gasteiger partial charge is 0.0654 e. The van der Waals surface area contributed by atoms with E-state index in [4.69, 9.17) is 4.74 Å². The van der Waals surface area contributed by atoms with Gasteiger partial charge in [-0.1, -0.05) is 33.1 Å². The number of hydrogen-bond acceptors (Lipinski definition) is 1. The van der Waals surface area contributed by atoms with E-state index in [1.165, 1.54) is 38.5 Å². The summed E-state index contributed by atoms with van der Waals surface area (Å²) in [4.78, 5) is 0. The molecule has 1 aliphatic rings. The zero-order valence-electron chi connectivity index (χ0n) is 11.0. The van der Waals surface area contributed by atoms with Gasteiger partial charge in [0.05, 0.1) is 5.60 Å². The lowest BCUT2D eigenvalue weighted by Crippen LogP contribution is -2.36. The lowest BCUT2D eigenvalue weighted by atomic mass is 9.79. The Hall–Kier alpha value is -0.0400. The highest BCUT2D eigenvalue weighted by atomic mass is 16.5. The van der Waals surface area contributed by atoms with Crippen molar-refractivity contribution in [3.8, 4) is 0 Å². The van der Waals surface area contributed by atoms with Crippen molar-refractivity contribution in [2.75, 3.05) is 6.61 Å². The molecule has 0 aromatic rings. The second kappa shape index (κ2) is 5.89. The minimum atomic E-state index is 0.106. The van der Waals surface area contributed by atoms with Crippen LogP contribution in [0.15, 0.2) is 0 Å². The Morgan fingerprint density at radius 3 is 2.27 bits per heavy atom. The average molecular weight is 212 g/mol. The third-order valence-corrected chi connectivity index (χ3v) is 3.76. The van der Waals surface area contributed by atoms with Gasteiger partial charge in [-0.3, -0.25) is 0 Å². The Balaban J connectivity index is 2.29. The summed E-state index contributed by atoms with van der Waals surface area (Å²) in [5.74, 6) is 1.55. The fourth-order valence-corrected chi connectivity index (χ4v) is 2.47. The van der Waals surface area contributed by atoms with E-state index in [1.54, 1.807) is 0 Å². The van der Waals surface area contributed by atoms with Crippen molar-refractivity contribution in [3.05, 3.63) is 0 Å². The first kappa shape index (κ1) is 13.0. The molecule has 0 bridgehead atoms. The largest absolute Gasteiger partial charge is 0.375 e. The molecular weight excluding hydrogens is 184 g/mol. The molecule has 90 valence electrons.